The van der Waals surface area contributed by atoms with Gasteiger partial charge in [0.05, 0.1) is 5.56 Å². The van der Waals surface area contributed by atoms with Crippen LogP contribution in [0.1, 0.15) is 60.5 Å². The summed E-state index contributed by atoms with van der Waals surface area (Å²) in [5, 5.41) is 20.2. The Morgan fingerprint density at radius 2 is 2.00 bits per heavy atom. The highest BCUT2D eigenvalue weighted by molar-refractivity contribution is 6.02. The number of rotatable bonds is 4. The minimum atomic E-state index is -0.0404. The maximum Gasteiger partial charge on any atom is 0.167 e. The van der Waals surface area contributed by atoms with Gasteiger partial charge in [0, 0.05) is 12.0 Å². The van der Waals surface area contributed by atoms with E-state index in [-0.39, 0.29) is 17.3 Å². The SMILES string of the molecule is CCCCCc1cc(O)c2c(c1O)C(=O)CCC2. The number of aryl methyl sites for hydroxylation is 1. The van der Waals surface area contributed by atoms with Crippen LogP contribution in [-0.2, 0) is 12.8 Å². The third-order valence-corrected chi connectivity index (χ3v) is 3.62. The van der Waals surface area contributed by atoms with Gasteiger partial charge in [0.1, 0.15) is 11.5 Å². The molecule has 0 fully saturated rings. The molecule has 3 nitrogen and oxygen atoms in total. The minimum Gasteiger partial charge on any atom is -0.508 e. The van der Waals surface area contributed by atoms with Crippen molar-refractivity contribution in [1.82, 2.24) is 0 Å². The maximum absolute atomic E-state index is 11.9. The first-order chi connectivity index (χ1) is 8.65. The number of ketones is 1. The van der Waals surface area contributed by atoms with Crippen LogP contribution in [0.15, 0.2) is 6.07 Å². The summed E-state index contributed by atoms with van der Waals surface area (Å²) in [6.07, 6.45) is 5.79. The Bertz CT molecular complexity index is 463. The maximum atomic E-state index is 11.9. The van der Waals surface area contributed by atoms with E-state index in [1.165, 1.54) is 0 Å². The van der Waals surface area contributed by atoms with Gasteiger partial charge in [-0.1, -0.05) is 19.8 Å². The van der Waals surface area contributed by atoms with E-state index in [1.807, 2.05) is 0 Å². The number of hydrogen-bond acceptors (Lipinski definition) is 3. The van der Waals surface area contributed by atoms with Gasteiger partial charge in [-0.3, -0.25) is 4.79 Å². The number of hydrogen-bond donors (Lipinski definition) is 2. The number of carbonyl (C=O) groups is 1. The number of phenols is 2. The quantitative estimate of drug-likeness (QED) is 0.634. The van der Waals surface area contributed by atoms with E-state index in [0.717, 1.165) is 25.7 Å². The molecule has 0 aliphatic heterocycles. The van der Waals surface area contributed by atoms with Gasteiger partial charge in [-0.15, -0.1) is 0 Å². The highest BCUT2D eigenvalue weighted by Gasteiger charge is 2.25. The van der Waals surface area contributed by atoms with E-state index in [2.05, 4.69) is 6.92 Å². The average molecular weight is 248 g/mol. The first kappa shape index (κ1) is 12.9. The summed E-state index contributed by atoms with van der Waals surface area (Å²) in [6, 6.07) is 1.63. The first-order valence-corrected chi connectivity index (χ1v) is 6.75. The van der Waals surface area contributed by atoms with Crippen LogP contribution in [0.3, 0.4) is 0 Å². The number of Topliss-reactive ketones (excluding diaryl/α,β-unsaturated/α-hetero) is 1. The highest BCUT2D eigenvalue weighted by Crippen LogP contribution is 2.38. The Morgan fingerprint density at radius 1 is 1.22 bits per heavy atom. The topological polar surface area (TPSA) is 57.5 Å². The van der Waals surface area contributed by atoms with Gasteiger partial charge in [0.25, 0.3) is 0 Å². The van der Waals surface area contributed by atoms with Crippen molar-refractivity contribution < 1.29 is 15.0 Å². The fourth-order valence-electron chi connectivity index (χ4n) is 2.61. The standard InChI is InChI=1S/C15H20O3/c1-2-3-4-6-10-9-13(17)11-7-5-8-12(16)14(11)15(10)18/h9,17-18H,2-8H2,1H3. The van der Waals surface area contributed by atoms with E-state index in [4.69, 9.17) is 0 Å². The summed E-state index contributed by atoms with van der Waals surface area (Å²) >= 11 is 0. The number of benzene rings is 1. The summed E-state index contributed by atoms with van der Waals surface area (Å²) in [4.78, 5) is 11.9. The van der Waals surface area contributed by atoms with Crippen molar-refractivity contribution in [1.29, 1.82) is 0 Å². The molecule has 1 aromatic carbocycles. The Morgan fingerprint density at radius 3 is 2.72 bits per heavy atom. The predicted molar refractivity (Wildman–Crippen MR) is 70.3 cm³/mol. The van der Waals surface area contributed by atoms with Crippen molar-refractivity contribution in [2.24, 2.45) is 0 Å². The second-order valence-corrected chi connectivity index (χ2v) is 4.99. The number of phenolic OH excluding ortho intramolecular Hbond substituents is 2. The molecule has 3 heteroatoms. The minimum absolute atomic E-state index is 0.0404. The summed E-state index contributed by atoms with van der Waals surface area (Å²) in [5.74, 6) is 0.229. The van der Waals surface area contributed by atoms with Gasteiger partial charge in [0.2, 0.25) is 0 Å². The molecule has 0 saturated heterocycles. The summed E-state index contributed by atoms with van der Waals surface area (Å²) in [5.41, 5.74) is 1.70. The Kier molecular flexibility index (Phi) is 3.90. The molecule has 18 heavy (non-hydrogen) atoms. The Hall–Kier alpha value is -1.51. The van der Waals surface area contributed by atoms with Crippen LogP contribution < -0.4 is 0 Å². The molecule has 0 radical (unpaired) electrons. The van der Waals surface area contributed by atoms with E-state index in [1.54, 1.807) is 6.07 Å². The lowest BCUT2D eigenvalue weighted by atomic mass is 9.86. The summed E-state index contributed by atoms with van der Waals surface area (Å²) < 4.78 is 0. The number of unbranched alkanes of at least 4 members (excludes halogenated alkanes) is 2. The van der Waals surface area contributed by atoms with Gasteiger partial charge in [0.15, 0.2) is 5.78 Å². The number of fused-ring (bicyclic) bond motifs is 1. The van der Waals surface area contributed by atoms with E-state index in [0.29, 0.717) is 36.0 Å². The molecule has 0 spiro atoms. The van der Waals surface area contributed by atoms with Crippen LogP contribution in [0, 0.1) is 0 Å². The lowest BCUT2D eigenvalue weighted by Gasteiger charge is -2.19. The zero-order chi connectivity index (χ0) is 13.1. The fraction of sp³-hybridized carbons (Fsp3) is 0.533. The zero-order valence-corrected chi connectivity index (χ0v) is 10.8. The zero-order valence-electron chi connectivity index (χ0n) is 10.8. The average Bonchev–Trinajstić information content (AvgIpc) is 2.35. The second-order valence-electron chi connectivity index (χ2n) is 4.99. The van der Waals surface area contributed by atoms with E-state index < -0.39 is 0 Å². The molecule has 1 aromatic rings. The molecule has 0 unspecified atom stereocenters. The smallest absolute Gasteiger partial charge is 0.167 e. The van der Waals surface area contributed by atoms with Crippen LogP contribution in [0.4, 0.5) is 0 Å². The molecular formula is C15H20O3. The predicted octanol–water partition coefficient (Wildman–Crippen LogP) is 3.35. The Labute approximate surface area is 107 Å². The van der Waals surface area contributed by atoms with Gasteiger partial charge in [-0.25, -0.2) is 0 Å². The molecule has 2 N–H and O–H groups in total. The van der Waals surface area contributed by atoms with Crippen LogP contribution in [0.25, 0.3) is 0 Å². The van der Waals surface area contributed by atoms with Crippen LogP contribution >= 0.6 is 0 Å². The molecule has 0 aromatic heterocycles. The van der Waals surface area contributed by atoms with Gasteiger partial charge in [-0.05, 0) is 37.3 Å². The molecule has 0 amide bonds. The molecule has 1 aliphatic carbocycles. The molecular weight excluding hydrogens is 228 g/mol. The van der Waals surface area contributed by atoms with Crippen molar-refractivity contribution in [3.63, 3.8) is 0 Å². The Balaban J connectivity index is 2.35. The van der Waals surface area contributed by atoms with Crippen molar-refractivity contribution >= 4 is 5.78 Å². The molecule has 1 aliphatic rings. The number of aromatic hydroxyl groups is 2. The highest BCUT2D eigenvalue weighted by atomic mass is 16.3. The largest absolute Gasteiger partial charge is 0.508 e. The third kappa shape index (κ3) is 2.35. The van der Waals surface area contributed by atoms with Crippen LogP contribution in [0.5, 0.6) is 11.5 Å². The lowest BCUT2D eigenvalue weighted by molar-refractivity contribution is 0.0968. The summed E-state index contributed by atoms with van der Waals surface area (Å²) in [7, 11) is 0. The lowest BCUT2D eigenvalue weighted by Crippen LogP contribution is -2.12. The molecule has 0 bridgehead atoms. The number of carbonyl (C=O) groups excluding carboxylic acids is 1. The van der Waals surface area contributed by atoms with Crippen molar-refractivity contribution in [2.75, 3.05) is 0 Å². The van der Waals surface area contributed by atoms with Crippen LogP contribution in [-0.4, -0.2) is 16.0 Å². The van der Waals surface area contributed by atoms with Crippen molar-refractivity contribution in [2.45, 2.75) is 51.9 Å². The van der Waals surface area contributed by atoms with E-state index >= 15 is 0 Å². The molecule has 0 heterocycles. The van der Waals surface area contributed by atoms with E-state index in [9.17, 15) is 15.0 Å². The molecule has 0 saturated carbocycles. The fourth-order valence-corrected chi connectivity index (χ4v) is 2.61. The monoisotopic (exact) mass is 248 g/mol. The second kappa shape index (κ2) is 5.42. The van der Waals surface area contributed by atoms with Crippen LogP contribution in [0.2, 0.25) is 0 Å². The van der Waals surface area contributed by atoms with Crippen molar-refractivity contribution in [3.05, 3.63) is 22.8 Å². The molecule has 98 valence electrons. The van der Waals surface area contributed by atoms with Gasteiger partial charge < -0.3 is 10.2 Å². The first-order valence-electron chi connectivity index (χ1n) is 6.75. The third-order valence-electron chi connectivity index (χ3n) is 3.62. The van der Waals surface area contributed by atoms with Gasteiger partial charge >= 0.3 is 0 Å². The molecule has 0 atom stereocenters. The van der Waals surface area contributed by atoms with Gasteiger partial charge in [-0.2, -0.15) is 0 Å². The molecule has 2 rings (SSSR count). The van der Waals surface area contributed by atoms with Crippen molar-refractivity contribution in [3.8, 4) is 11.5 Å². The summed E-state index contributed by atoms with van der Waals surface area (Å²) in [6.45, 7) is 2.12. The normalized spacial score (nSPS) is 14.6.